The second kappa shape index (κ2) is 14.2. The maximum Gasteiger partial charge on any atom is 0.132 e. The van der Waals surface area contributed by atoms with Gasteiger partial charge >= 0.3 is 0 Å². The van der Waals surface area contributed by atoms with E-state index in [1.807, 2.05) is 106 Å². The molecular weight excluding hydrogens is 612 g/mol. The van der Waals surface area contributed by atoms with Crippen LogP contribution in [0.5, 0.6) is 0 Å². The Kier molecular flexibility index (Phi) is 9.30. The molecule has 13 heteroatoms. The Morgan fingerprint density at radius 1 is 0.574 bits per heavy atom. The lowest BCUT2D eigenvalue weighted by Gasteiger charge is -2.06. The molecule has 0 aliphatic rings. The van der Waals surface area contributed by atoms with Gasteiger partial charge in [-0.05, 0) is 60.7 Å². The maximum absolute atomic E-state index is 5.87. The van der Waals surface area contributed by atoms with E-state index in [-0.39, 0.29) is 0 Å². The Labute approximate surface area is 275 Å². The molecule has 0 spiro atoms. The van der Waals surface area contributed by atoms with Crippen LogP contribution in [0.15, 0.2) is 122 Å². The second-order valence-corrected chi connectivity index (χ2v) is 10.6. The first-order chi connectivity index (χ1) is 22.9. The third-order valence-corrected chi connectivity index (χ3v) is 6.94. The molecule has 8 aromatic heterocycles. The van der Waals surface area contributed by atoms with Crippen molar-refractivity contribution in [2.75, 3.05) is 11.1 Å². The highest BCUT2D eigenvalue weighted by atomic mass is 35.5. The zero-order valence-corrected chi connectivity index (χ0v) is 26.2. The van der Waals surface area contributed by atoms with Gasteiger partial charge in [0.05, 0.1) is 34.5 Å². The lowest BCUT2D eigenvalue weighted by Crippen LogP contribution is -1.96. The van der Waals surface area contributed by atoms with E-state index >= 15 is 0 Å². The Morgan fingerprint density at radius 2 is 1.17 bits per heavy atom. The van der Waals surface area contributed by atoms with Crippen molar-refractivity contribution in [2.45, 2.75) is 0 Å². The molecule has 0 saturated carbocycles. The van der Waals surface area contributed by atoms with E-state index in [0.29, 0.717) is 11.0 Å². The Hall–Kier alpha value is -6.27. The average molecular weight is 641 g/mol. The normalized spacial score (nSPS) is 10.5. The number of rotatable bonds is 4. The number of halogens is 1. The van der Waals surface area contributed by atoms with Gasteiger partial charge in [-0.1, -0.05) is 23.7 Å². The van der Waals surface area contributed by atoms with Crippen LogP contribution in [0.3, 0.4) is 0 Å². The molecular formula is C34H29ClN12. The summed E-state index contributed by atoms with van der Waals surface area (Å²) in [6.07, 6.45) is 14.6. The molecule has 12 nitrogen and oxygen atoms in total. The van der Waals surface area contributed by atoms with Crippen LogP contribution < -0.4 is 11.1 Å². The molecule has 0 saturated heterocycles. The molecule has 0 aliphatic heterocycles. The fraction of sp³-hybridized carbons (Fsp3) is 0.0588. The Balaban J connectivity index is 0.000000141. The standard InChI is InChI=1S/C17H14N6.C12H9ClN4.C5H6N2/c1-23-11-13(10-20-23)12-8-15-14(19-9-12)5-6-17(21-15)22-16-4-2-3-7-18-16;1-17-7-9(6-15-17)8-4-11-10(14-5-8)2-3-12(13)16-11;6-5-3-1-2-4-7-5/h2-11H,1H3,(H,18,21,22);2-7H,1H3;1-4H,(H2,6,7). The molecule has 0 atom stereocenters. The van der Waals surface area contributed by atoms with E-state index in [2.05, 4.69) is 45.4 Å². The minimum Gasteiger partial charge on any atom is -0.384 e. The molecule has 0 unspecified atom stereocenters. The smallest absolute Gasteiger partial charge is 0.132 e. The summed E-state index contributed by atoms with van der Waals surface area (Å²) < 4.78 is 3.52. The number of fused-ring (bicyclic) bond motifs is 2. The summed E-state index contributed by atoms with van der Waals surface area (Å²) in [5, 5.41) is 12.0. The van der Waals surface area contributed by atoms with Gasteiger partial charge < -0.3 is 11.1 Å². The molecule has 8 heterocycles. The first-order valence-electron chi connectivity index (χ1n) is 14.4. The molecule has 47 heavy (non-hydrogen) atoms. The summed E-state index contributed by atoms with van der Waals surface area (Å²) in [7, 11) is 3.78. The predicted molar refractivity (Wildman–Crippen MR) is 185 cm³/mol. The minimum atomic E-state index is 0.475. The number of aryl methyl sites for hydroxylation is 2. The first-order valence-corrected chi connectivity index (χ1v) is 14.8. The van der Waals surface area contributed by atoms with Crippen molar-refractivity contribution >= 4 is 51.1 Å². The first kappa shape index (κ1) is 30.7. The van der Waals surface area contributed by atoms with Gasteiger partial charge in [0, 0.05) is 73.5 Å². The number of nitrogens with two attached hydrogens (primary N) is 1. The summed E-state index contributed by atoms with van der Waals surface area (Å²) in [5.74, 6) is 2.07. The number of nitrogens with one attached hydrogen (secondary N) is 1. The van der Waals surface area contributed by atoms with Crippen LogP contribution in [0.4, 0.5) is 17.5 Å². The molecule has 232 valence electrons. The third kappa shape index (κ3) is 8.07. The van der Waals surface area contributed by atoms with E-state index in [1.165, 1.54) is 0 Å². The molecule has 0 bridgehead atoms. The number of hydrogen-bond acceptors (Lipinski definition) is 10. The van der Waals surface area contributed by atoms with Crippen molar-refractivity contribution in [2.24, 2.45) is 14.1 Å². The molecule has 0 aliphatic carbocycles. The van der Waals surface area contributed by atoms with Crippen LogP contribution in [-0.2, 0) is 14.1 Å². The van der Waals surface area contributed by atoms with Crippen molar-refractivity contribution in [3.05, 3.63) is 128 Å². The third-order valence-electron chi connectivity index (χ3n) is 6.73. The van der Waals surface area contributed by atoms with E-state index in [0.717, 1.165) is 56.0 Å². The highest BCUT2D eigenvalue weighted by Crippen LogP contribution is 2.24. The van der Waals surface area contributed by atoms with Crippen LogP contribution in [0.2, 0.25) is 5.15 Å². The highest BCUT2D eigenvalue weighted by Gasteiger charge is 2.06. The van der Waals surface area contributed by atoms with Crippen molar-refractivity contribution < 1.29 is 0 Å². The fourth-order valence-electron chi connectivity index (χ4n) is 4.46. The number of nitrogen functional groups attached to an aromatic ring is 1. The number of hydrogen-bond donors (Lipinski definition) is 2. The Morgan fingerprint density at radius 3 is 1.68 bits per heavy atom. The monoisotopic (exact) mass is 640 g/mol. The van der Waals surface area contributed by atoms with E-state index < -0.39 is 0 Å². The molecule has 0 aromatic carbocycles. The number of pyridine rings is 6. The number of aromatic nitrogens is 10. The molecule has 8 aromatic rings. The van der Waals surface area contributed by atoms with Crippen LogP contribution in [-0.4, -0.2) is 49.5 Å². The summed E-state index contributed by atoms with van der Waals surface area (Å²) in [5.41, 5.74) is 12.6. The summed E-state index contributed by atoms with van der Waals surface area (Å²) in [6.45, 7) is 0. The maximum atomic E-state index is 5.87. The largest absolute Gasteiger partial charge is 0.384 e. The van der Waals surface area contributed by atoms with Crippen LogP contribution in [0.25, 0.3) is 44.3 Å². The van der Waals surface area contributed by atoms with E-state index in [9.17, 15) is 0 Å². The predicted octanol–water partition coefficient (Wildman–Crippen LogP) is 6.52. The van der Waals surface area contributed by atoms with Crippen molar-refractivity contribution in [3.8, 4) is 22.3 Å². The van der Waals surface area contributed by atoms with Gasteiger partial charge in [0.25, 0.3) is 0 Å². The van der Waals surface area contributed by atoms with Gasteiger partial charge in [0.2, 0.25) is 0 Å². The van der Waals surface area contributed by atoms with Gasteiger partial charge in [-0.2, -0.15) is 10.2 Å². The average Bonchev–Trinajstić information content (AvgIpc) is 3.73. The molecule has 8 rings (SSSR count). The zero-order valence-electron chi connectivity index (χ0n) is 25.5. The van der Waals surface area contributed by atoms with Crippen molar-refractivity contribution in [1.82, 2.24) is 49.5 Å². The molecule has 3 N–H and O–H groups in total. The summed E-state index contributed by atoms with van der Waals surface area (Å²) >= 11 is 5.87. The van der Waals surface area contributed by atoms with Crippen molar-refractivity contribution in [3.63, 3.8) is 0 Å². The van der Waals surface area contributed by atoms with Gasteiger partial charge in [-0.3, -0.25) is 19.3 Å². The van der Waals surface area contributed by atoms with Crippen molar-refractivity contribution in [1.29, 1.82) is 0 Å². The quantitative estimate of drug-likeness (QED) is 0.203. The van der Waals surface area contributed by atoms with Crippen LogP contribution in [0, 0.1) is 0 Å². The lowest BCUT2D eigenvalue weighted by molar-refractivity contribution is 0.768. The zero-order chi connectivity index (χ0) is 32.6. The van der Waals surface area contributed by atoms with Crippen LogP contribution in [0.1, 0.15) is 0 Å². The van der Waals surface area contributed by atoms with Gasteiger partial charge in [-0.25, -0.2) is 19.9 Å². The SMILES string of the molecule is Cn1cc(-c2cnc3ccc(Cl)nc3c2)cn1.Cn1cc(-c2cnc3ccc(Nc4ccccn4)nc3c2)cn1.Nc1ccccn1. The number of anilines is 3. The summed E-state index contributed by atoms with van der Waals surface area (Å²) in [4.78, 5) is 25.7. The number of nitrogens with zero attached hydrogens (tertiary/aromatic N) is 10. The van der Waals surface area contributed by atoms with Crippen LogP contribution >= 0.6 is 11.6 Å². The summed E-state index contributed by atoms with van der Waals surface area (Å²) in [6, 6.07) is 22.6. The minimum absolute atomic E-state index is 0.475. The highest BCUT2D eigenvalue weighted by molar-refractivity contribution is 6.29. The van der Waals surface area contributed by atoms with E-state index in [4.69, 9.17) is 17.3 Å². The van der Waals surface area contributed by atoms with Gasteiger partial charge in [-0.15, -0.1) is 0 Å². The molecule has 0 fully saturated rings. The molecule has 0 radical (unpaired) electrons. The van der Waals surface area contributed by atoms with Gasteiger partial charge in [0.1, 0.15) is 22.6 Å². The molecule has 0 amide bonds. The van der Waals surface area contributed by atoms with E-state index in [1.54, 1.807) is 40.1 Å². The lowest BCUT2D eigenvalue weighted by atomic mass is 10.1. The fourth-order valence-corrected chi connectivity index (χ4v) is 4.61. The second-order valence-electron chi connectivity index (χ2n) is 10.3. The Bertz CT molecular complexity index is 2230. The topological polar surface area (TPSA) is 151 Å². The van der Waals surface area contributed by atoms with Gasteiger partial charge in [0.15, 0.2) is 0 Å².